The van der Waals surface area contributed by atoms with Crippen molar-refractivity contribution in [2.45, 2.75) is 25.9 Å². The van der Waals surface area contributed by atoms with E-state index in [-0.39, 0.29) is 5.91 Å². The normalized spacial score (nSPS) is 13.8. The Morgan fingerprint density at radius 3 is 2.39 bits per heavy atom. The van der Waals surface area contributed by atoms with Crippen molar-refractivity contribution in [1.29, 1.82) is 5.26 Å². The molecule has 5 rings (SSSR count). The molecule has 7 heteroatoms. The first-order valence-electron chi connectivity index (χ1n) is 12.9. The number of rotatable bonds is 8. The summed E-state index contributed by atoms with van der Waals surface area (Å²) < 4.78 is 2.14. The second kappa shape index (κ2) is 12.1. The number of nitrogens with zero attached hydrogens (tertiary/aromatic N) is 5. The Bertz CT molecular complexity index is 1420. The van der Waals surface area contributed by atoms with Crippen LogP contribution in [0.2, 0.25) is 5.02 Å². The SMILES string of the molecule is N#Cc1ccc(Cn2cncc2CN2CCN(C(=O)c3cc(Cl)ccc3CCc3ccccc3)CC2)cc1. The zero-order chi connectivity index (χ0) is 26.3. The van der Waals surface area contributed by atoms with E-state index in [4.69, 9.17) is 16.9 Å². The van der Waals surface area contributed by atoms with Crippen LogP contribution in [0.3, 0.4) is 0 Å². The number of aryl methyl sites for hydroxylation is 2. The van der Waals surface area contributed by atoms with Gasteiger partial charge in [0.15, 0.2) is 0 Å². The molecular formula is C31H30ClN5O. The fourth-order valence-corrected chi connectivity index (χ4v) is 5.07. The Hall–Kier alpha value is -3.92. The minimum Gasteiger partial charge on any atom is -0.336 e. The van der Waals surface area contributed by atoms with Crippen LogP contribution >= 0.6 is 11.6 Å². The van der Waals surface area contributed by atoms with E-state index in [1.807, 2.05) is 78.1 Å². The molecule has 0 N–H and O–H groups in total. The lowest BCUT2D eigenvalue weighted by molar-refractivity contribution is 0.0624. The van der Waals surface area contributed by atoms with Crippen molar-refractivity contribution in [2.75, 3.05) is 26.2 Å². The van der Waals surface area contributed by atoms with Gasteiger partial charge in [-0.25, -0.2) is 4.98 Å². The van der Waals surface area contributed by atoms with Crippen molar-refractivity contribution in [3.05, 3.63) is 124 Å². The molecule has 6 nitrogen and oxygen atoms in total. The van der Waals surface area contributed by atoms with Crippen molar-refractivity contribution in [3.8, 4) is 6.07 Å². The number of benzene rings is 3. The largest absolute Gasteiger partial charge is 0.336 e. The second-order valence-corrected chi connectivity index (χ2v) is 10.1. The fraction of sp³-hybridized carbons (Fsp3) is 0.258. The van der Waals surface area contributed by atoms with E-state index in [9.17, 15) is 4.79 Å². The zero-order valence-electron chi connectivity index (χ0n) is 21.3. The summed E-state index contributed by atoms with van der Waals surface area (Å²) in [6.07, 6.45) is 5.44. The number of imidazole rings is 1. The van der Waals surface area contributed by atoms with E-state index < -0.39 is 0 Å². The fourth-order valence-electron chi connectivity index (χ4n) is 4.90. The molecule has 3 aromatic carbocycles. The van der Waals surface area contributed by atoms with Crippen molar-refractivity contribution in [3.63, 3.8) is 0 Å². The molecule has 2 heterocycles. The van der Waals surface area contributed by atoms with Crippen molar-refractivity contribution >= 4 is 17.5 Å². The highest BCUT2D eigenvalue weighted by molar-refractivity contribution is 6.31. The van der Waals surface area contributed by atoms with Gasteiger partial charge in [-0.15, -0.1) is 0 Å². The third kappa shape index (κ3) is 6.31. The number of piperazine rings is 1. The van der Waals surface area contributed by atoms with Crippen molar-refractivity contribution in [2.24, 2.45) is 0 Å². The molecule has 0 radical (unpaired) electrons. The van der Waals surface area contributed by atoms with Crippen LogP contribution in [0, 0.1) is 11.3 Å². The van der Waals surface area contributed by atoms with Gasteiger partial charge in [0.1, 0.15) is 0 Å². The number of carbonyl (C=O) groups excluding carboxylic acids is 1. The molecule has 192 valence electrons. The van der Waals surface area contributed by atoms with Gasteiger partial charge in [0.25, 0.3) is 5.91 Å². The van der Waals surface area contributed by atoms with Crippen LogP contribution < -0.4 is 0 Å². The molecule has 1 aromatic heterocycles. The topological polar surface area (TPSA) is 65.2 Å². The monoisotopic (exact) mass is 523 g/mol. The number of halogens is 1. The molecule has 1 fully saturated rings. The molecule has 1 aliphatic heterocycles. The minimum absolute atomic E-state index is 0.0565. The Morgan fingerprint density at radius 2 is 1.66 bits per heavy atom. The first-order chi connectivity index (χ1) is 18.6. The van der Waals surface area contributed by atoms with E-state index in [0.29, 0.717) is 35.8 Å². The molecule has 0 saturated carbocycles. The summed E-state index contributed by atoms with van der Waals surface area (Å²) in [5.74, 6) is 0.0565. The van der Waals surface area contributed by atoms with Crippen molar-refractivity contribution < 1.29 is 4.79 Å². The highest BCUT2D eigenvalue weighted by Crippen LogP contribution is 2.21. The predicted molar refractivity (Wildman–Crippen MR) is 149 cm³/mol. The molecular weight excluding hydrogens is 494 g/mol. The first-order valence-corrected chi connectivity index (χ1v) is 13.3. The van der Waals surface area contributed by atoms with Gasteiger partial charge in [-0.2, -0.15) is 5.26 Å². The van der Waals surface area contributed by atoms with Crippen LogP contribution in [0.4, 0.5) is 0 Å². The predicted octanol–water partition coefficient (Wildman–Crippen LogP) is 5.20. The summed E-state index contributed by atoms with van der Waals surface area (Å²) in [5.41, 5.74) is 5.93. The number of amides is 1. The Morgan fingerprint density at radius 1 is 0.895 bits per heavy atom. The van der Waals surface area contributed by atoms with Gasteiger partial charge >= 0.3 is 0 Å². The van der Waals surface area contributed by atoms with Gasteiger partial charge in [-0.05, 0) is 53.8 Å². The maximum absolute atomic E-state index is 13.5. The summed E-state index contributed by atoms with van der Waals surface area (Å²) in [4.78, 5) is 22.2. The van der Waals surface area contributed by atoms with Gasteiger partial charge in [-0.1, -0.05) is 60.1 Å². The minimum atomic E-state index is 0.0565. The highest BCUT2D eigenvalue weighted by Gasteiger charge is 2.24. The highest BCUT2D eigenvalue weighted by atomic mass is 35.5. The maximum Gasteiger partial charge on any atom is 0.254 e. The summed E-state index contributed by atoms with van der Waals surface area (Å²) in [6, 6.07) is 25.8. The smallest absolute Gasteiger partial charge is 0.254 e. The maximum atomic E-state index is 13.5. The summed E-state index contributed by atoms with van der Waals surface area (Å²) >= 11 is 6.31. The third-order valence-electron chi connectivity index (χ3n) is 7.11. The lowest BCUT2D eigenvalue weighted by Gasteiger charge is -2.35. The van der Waals surface area contributed by atoms with Crippen molar-refractivity contribution in [1.82, 2.24) is 19.4 Å². The average molecular weight is 524 g/mol. The number of aromatic nitrogens is 2. The van der Waals surface area contributed by atoms with Gasteiger partial charge in [0.05, 0.1) is 23.7 Å². The van der Waals surface area contributed by atoms with Gasteiger partial charge in [0.2, 0.25) is 0 Å². The van der Waals surface area contributed by atoms with E-state index in [0.717, 1.165) is 49.3 Å². The lowest BCUT2D eigenvalue weighted by Crippen LogP contribution is -2.48. The Labute approximate surface area is 228 Å². The van der Waals surface area contributed by atoms with E-state index >= 15 is 0 Å². The molecule has 1 amide bonds. The van der Waals surface area contributed by atoms with E-state index in [1.54, 1.807) is 0 Å². The van der Waals surface area contributed by atoms with Crippen LogP contribution in [0.5, 0.6) is 0 Å². The molecule has 0 unspecified atom stereocenters. The third-order valence-corrected chi connectivity index (χ3v) is 7.34. The molecule has 0 aliphatic carbocycles. The molecule has 0 spiro atoms. The molecule has 1 saturated heterocycles. The van der Waals surface area contributed by atoms with Gasteiger partial charge in [0, 0.05) is 56.1 Å². The number of hydrogen-bond acceptors (Lipinski definition) is 4. The van der Waals surface area contributed by atoms with Crippen LogP contribution in [-0.2, 0) is 25.9 Å². The van der Waals surface area contributed by atoms with Crippen LogP contribution in [0.25, 0.3) is 0 Å². The lowest BCUT2D eigenvalue weighted by atomic mass is 9.98. The number of carbonyl (C=O) groups is 1. The van der Waals surface area contributed by atoms with Crippen LogP contribution in [-0.4, -0.2) is 51.4 Å². The molecule has 0 bridgehead atoms. The summed E-state index contributed by atoms with van der Waals surface area (Å²) in [6.45, 7) is 4.43. The van der Waals surface area contributed by atoms with Crippen LogP contribution in [0.15, 0.2) is 85.3 Å². The summed E-state index contributed by atoms with van der Waals surface area (Å²) in [5, 5.41) is 9.61. The van der Waals surface area contributed by atoms with Crippen LogP contribution in [0.1, 0.15) is 38.3 Å². The molecule has 38 heavy (non-hydrogen) atoms. The molecule has 4 aromatic rings. The van der Waals surface area contributed by atoms with E-state index in [1.165, 1.54) is 5.56 Å². The summed E-state index contributed by atoms with van der Waals surface area (Å²) in [7, 11) is 0. The Balaban J connectivity index is 1.19. The van der Waals surface area contributed by atoms with Gasteiger partial charge < -0.3 is 9.47 Å². The Kier molecular flexibility index (Phi) is 8.18. The van der Waals surface area contributed by atoms with E-state index in [2.05, 4.69) is 32.7 Å². The quantitative estimate of drug-likeness (QED) is 0.318. The average Bonchev–Trinajstić information content (AvgIpc) is 3.39. The van der Waals surface area contributed by atoms with Gasteiger partial charge in [-0.3, -0.25) is 9.69 Å². The molecule has 0 atom stereocenters. The molecule has 1 aliphatic rings. The zero-order valence-corrected chi connectivity index (χ0v) is 22.0. The number of nitriles is 1. The first kappa shape index (κ1) is 25.7. The standard InChI is InChI=1S/C31H30ClN5O/c32-28-13-12-27(11-10-24-4-2-1-3-5-24)30(18-28)31(38)36-16-14-35(15-17-36)22-29-20-34-23-37(29)21-26-8-6-25(19-33)7-9-26/h1-9,12-13,18,20,23H,10-11,14-17,21-22H2. The number of hydrogen-bond donors (Lipinski definition) is 0. The second-order valence-electron chi connectivity index (χ2n) is 9.68.